The number of aliphatic imine (C=N–C) groups is 1. The first-order valence-corrected chi connectivity index (χ1v) is 8.87. The maximum Gasteiger partial charge on any atom is 0.220 e. The smallest absolute Gasteiger partial charge is 0.220 e. The SMILES string of the molecule is CN=C(NCCNC(=O)CC1CCCCC1)NCc1ccnn1C. The molecule has 0 saturated heterocycles. The largest absolute Gasteiger partial charge is 0.355 e. The lowest BCUT2D eigenvalue weighted by atomic mass is 9.87. The summed E-state index contributed by atoms with van der Waals surface area (Å²) >= 11 is 0. The highest BCUT2D eigenvalue weighted by Gasteiger charge is 2.16. The van der Waals surface area contributed by atoms with Gasteiger partial charge in [-0.2, -0.15) is 5.10 Å². The van der Waals surface area contributed by atoms with Crippen LogP contribution < -0.4 is 16.0 Å². The molecule has 1 amide bonds. The van der Waals surface area contributed by atoms with Crippen LogP contribution in [0.1, 0.15) is 44.2 Å². The van der Waals surface area contributed by atoms with Crippen molar-refractivity contribution in [2.75, 3.05) is 20.1 Å². The Hall–Kier alpha value is -2.05. The van der Waals surface area contributed by atoms with Gasteiger partial charge < -0.3 is 16.0 Å². The highest BCUT2D eigenvalue weighted by molar-refractivity contribution is 5.79. The molecule has 0 unspecified atom stereocenters. The van der Waals surface area contributed by atoms with E-state index in [1.54, 1.807) is 13.2 Å². The molecule has 3 N–H and O–H groups in total. The molecule has 7 heteroatoms. The van der Waals surface area contributed by atoms with Crippen LogP contribution in [0.15, 0.2) is 17.3 Å². The zero-order valence-corrected chi connectivity index (χ0v) is 14.8. The molecule has 0 bridgehead atoms. The summed E-state index contributed by atoms with van der Waals surface area (Å²) < 4.78 is 1.83. The minimum absolute atomic E-state index is 0.168. The Labute approximate surface area is 144 Å². The highest BCUT2D eigenvalue weighted by atomic mass is 16.1. The number of nitrogens with one attached hydrogen (secondary N) is 3. The molecule has 0 aliphatic heterocycles. The van der Waals surface area contributed by atoms with Crippen LogP contribution >= 0.6 is 0 Å². The average molecular weight is 334 g/mol. The molecule has 0 spiro atoms. The fourth-order valence-electron chi connectivity index (χ4n) is 3.08. The molecule has 2 rings (SSSR count). The number of rotatable bonds is 7. The Morgan fingerprint density at radius 2 is 2.00 bits per heavy atom. The van der Waals surface area contributed by atoms with Crippen LogP contribution in [0.2, 0.25) is 0 Å². The van der Waals surface area contributed by atoms with E-state index >= 15 is 0 Å². The summed E-state index contributed by atoms with van der Waals surface area (Å²) in [5.41, 5.74) is 1.08. The topological polar surface area (TPSA) is 83.3 Å². The van der Waals surface area contributed by atoms with E-state index in [1.165, 1.54) is 32.1 Å². The van der Waals surface area contributed by atoms with Gasteiger partial charge in [-0.15, -0.1) is 0 Å². The number of amides is 1. The monoisotopic (exact) mass is 334 g/mol. The molecule has 1 fully saturated rings. The zero-order chi connectivity index (χ0) is 17.2. The van der Waals surface area contributed by atoms with E-state index in [4.69, 9.17) is 0 Å². The van der Waals surface area contributed by atoms with Crippen LogP contribution in [0, 0.1) is 5.92 Å². The molecule has 1 saturated carbocycles. The molecule has 24 heavy (non-hydrogen) atoms. The molecule has 1 aliphatic carbocycles. The molecule has 1 aliphatic rings. The van der Waals surface area contributed by atoms with Crippen molar-refractivity contribution < 1.29 is 4.79 Å². The normalized spacial score (nSPS) is 16.0. The molecule has 0 radical (unpaired) electrons. The van der Waals surface area contributed by atoms with Crippen molar-refractivity contribution in [2.45, 2.75) is 45.1 Å². The average Bonchev–Trinajstić information content (AvgIpc) is 3.00. The van der Waals surface area contributed by atoms with Gasteiger partial charge in [-0.05, 0) is 24.8 Å². The van der Waals surface area contributed by atoms with E-state index in [0.29, 0.717) is 32.0 Å². The maximum absolute atomic E-state index is 11.9. The van der Waals surface area contributed by atoms with Gasteiger partial charge in [0.05, 0.1) is 12.2 Å². The van der Waals surface area contributed by atoms with Gasteiger partial charge in [0.25, 0.3) is 0 Å². The van der Waals surface area contributed by atoms with E-state index in [2.05, 4.69) is 26.0 Å². The summed E-state index contributed by atoms with van der Waals surface area (Å²) in [5, 5.41) is 13.6. The predicted molar refractivity (Wildman–Crippen MR) is 95.6 cm³/mol. The van der Waals surface area contributed by atoms with Gasteiger partial charge >= 0.3 is 0 Å². The van der Waals surface area contributed by atoms with Gasteiger partial charge in [-0.3, -0.25) is 14.5 Å². The van der Waals surface area contributed by atoms with E-state index < -0.39 is 0 Å². The van der Waals surface area contributed by atoms with Crippen LogP contribution in [0.3, 0.4) is 0 Å². The first-order valence-electron chi connectivity index (χ1n) is 8.87. The van der Waals surface area contributed by atoms with Crippen molar-refractivity contribution in [3.8, 4) is 0 Å². The lowest BCUT2D eigenvalue weighted by Crippen LogP contribution is -2.41. The number of aryl methyl sites for hydroxylation is 1. The molecular formula is C17H30N6O. The van der Waals surface area contributed by atoms with E-state index in [0.717, 1.165) is 11.7 Å². The predicted octanol–water partition coefficient (Wildman–Crippen LogP) is 1.17. The van der Waals surface area contributed by atoms with Crippen molar-refractivity contribution >= 4 is 11.9 Å². The van der Waals surface area contributed by atoms with Gasteiger partial charge in [0.2, 0.25) is 5.91 Å². The minimum Gasteiger partial charge on any atom is -0.355 e. The fraction of sp³-hybridized carbons (Fsp3) is 0.706. The zero-order valence-electron chi connectivity index (χ0n) is 14.8. The Morgan fingerprint density at radius 3 is 2.67 bits per heavy atom. The Kier molecular flexibility index (Phi) is 7.58. The summed E-state index contributed by atoms with van der Waals surface area (Å²) in [5.74, 6) is 1.47. The third-order valence-corrected chi connectivity index (χ3v) is 4.52. The quantitative estimate of drug-likeness (QED) is 0.397. The van der Waals surface area contributed by atoms with Crippen LogP contribution in [0.5, 0.6) is 0 Å². The molecular weight excluding hydrogens is 304 g/mol. The van der Waals surface area contributed by atoms with Crippen molar-refractivity contribution in [1.82, 2.24) is 25.7 Å². The third kappa shape index (κ3) is 6.22. The highest BCUT2D eigenvalue weighted by Crippen LogP contribution is 2.25. The van der Waals surface area contributed by atoms with Crippen LogP contribution in [-0.2, 0) is 18.4 Å². The maximum atomic E-state index is 11.9. The molecule has 7 nitrogen and oxygen atoms in total. The van der Waals surface area contributed by atoms with Gasteiger partial charge in [-0.1, -0.05) is 19.3 Å². The van der Waals surface area contributed by atoms with Gasteiger partial charge in [0, 0.05) is 39.8 Å². The third-order valence-electron chi connectivity index (χ3n) is 4.52. The molecule has 1 heterocycles. The summed E-state index contributed by atoms with van der Waals surface area (Å²) in [6.07, 6.45) is 8.73. The van der Waals surface area contributed by atoms with Gasteiger partial charge in [0.15, 0.2) is 5.96 Å². The Morgan fingerprint density at radius 1 is 1.25 bits per heavy atom. The summed E-state index contributed by atoms with van der Waals surface area (Å²) in [4.78, 5) is 16.1. The van der Waals surface area contributed by atoms with E-state index in [1.807, 2.05) is 17.8 Å². The summed E-state index contributed by atoms with van der Waals surface area (Å²) in [6, 6.07) is 1.96. The first kappa shape index (κ1) is 18.3. The summed E-state index contributed by atoms with van der Waals surface area (Å²) in [6.45, 7) is 1.92. The van der Waals surface area contributed by atoms with Crippen LogP contribution in [-0.4, -0.2) is 41.8 Å². The second kappa shape index (κ2) is 9.95. The molecule has 1 aromatic rings. The fourth-order valence-corrected chi connectivity index (χ4v) is 3.08. The molecule has 1 aromatic heterocycles. The molecule has 0 atom stereocenters. The number of carbonyl (C=O) groups excluding carboxylic acids is 1. The standard InChI is InChI=1S/C17H30N6O/c1-18-17(21-13-15-8-9-22-23(15)2)20-11-10-19-16(24)12-14-6-4-3-5-7-14/h8-9,14H,3-7,10-13H2,1-2H3,(H,19,24)(H2,18,20,21). The second-order valence-electron chi connectivity index (χ2n) is 6.36. The molecule has 0 aromatic carbocycles. The van der Waals surface area contributed by atoms with Crippen LogP contribution in [0.25, 0.3) is 0 Å². The number of hydrogen-bond acceptors (Lipinski definition) is 3. The lowest BCUT2D eigenvalue weighted by molar-refractivity contribution is -0.122. The van der Waals surface area contributed by atoms with Crippen molar-refractivity contribution in [3.63, 3.8) is 0 Å². The van der Waals surface area contributed by atoms with E-state index in [-0.39, 0.29) is 5.91 Å². The lowest BCUT2D eigenvalue weighted by Gasteiger charge is -2.20. The number of aromatic nitrogens is 2. The van der Waals surface area contributed by atoms with Crippen molar-refractivity contribution in [2.24, 2.45) is 18.0 Å². The number of guanidine groups is 1. The van der Waals surface area contributed by atoms with Gasteiger partial charge in [-0.25, -0.2) is 0 Å². The van der Waals surface area contributed by atoms with Crippen molar-refractivity contribution in [3.05, 3.63) is 18.0 Å². The minimum atomic E-state index is 0.168. The first-order chi connectivity index (χ1) is 11.7. The summed E-state index contributed by atoms with van der Waals surface area (Å²) in [7, 11) is 3.65. The second-order valence-corrected chi connectivity index (χ2v) is 6.36. The van der Waals surface area contributed by atoms with E-state index in [9.17, 15) is 4.79 Å². The van der Waals surface area contributed by atoms with Crippen LogP contribution in [0.4, 0.5) is 0 Å². The van der Waals surface area contributed by atoms with Gasteiger partial charge in [0.1, 0.15) is 0 Å². The number of nitrogens with zero attached hydrogens (tertiary/aromatic N) is 3. The molecule has 134 valence electrons. The number of carbonyl (C=O) groups is 1. The Bertz CT molecular complexity index is 533. The Balaban J connectivity index is 1.58. The number of hydrogen-bond donors (Lipinski definition) is 3. The van der Waals surface area contributed by atoms with Crippen molar-refractivity contribution in [1.29, 1.82) is 0 Å².